The average Bonchev–Trinajstić information content (AvgIpc) is 2.41. The predicted octanol–water partition coefficient (Wildman–Crippen LogP) is 4.08. The highest BCUT2D eigenvalue weighted by Gasteiger charge is 2.37. The lowest BCUT2D eigenvalue weighted by Gasteiger charge is -2.15. The first-order valence-corrected chi connectivity index (χ1v) is 6.12. The molecule has 0 amide bonds. The van der Waals surface area contributed by atoms with Gasteiger partial charge in [0.2, 0.25) is 0 Å². The molecule has 0 spiro atoms. The van der Waals surface area contributed by atoms with Gasteiger partial charge in [0.15, 0.2) is 6.10 Å². The molecule has 6 heteroatoms. The first-order chi connectivity index (χ1) is 9.84. The van der Waals surface area contributed by atoms with Crippen molar-refractivity contribution in [1.82, 2.24) is 0 Å². The molecule has 2 aromatic carbocycles. The third-order valence-corrected chi connectivity index (χ3v) is 2.75. The van der Waals surface area contributed by atoms with Crippen LogP contribution in [0.15, 0.2) is 48.5 Å². The second-order valence-corrected chi connectivity index (χ2v) is 4.46. The van der Waals surface area contributed by atoms with E-state index in [9.17, 15) is 17.6 Å². The zero-order valence-electron chi connectivity index (χ0n) is 10.8. The SMILES string of the molecule is O[C@H](Cc1cccc(Oc2ccc(F)cc2)c1)C(F)(F)F. The fourth-order valence-corrected chi connectivity index (χ4v) is 1.71. The molecule has 0 aromatic heterocycles. The number of hydrogen-bond donors (Lipinski definition) is 1. The standard InChI is InChI=1S/C15H12F4O2/c16-11-4-6-12(7-5-11)21-13-3-1-2-10(8-13)9-14(20)15(17,18)19/h1-8,14,20H,9H2/t14-/m1/s1. The van der Waals surface area contributed by atoms with Gasteiger partial charge in [-0.1, -0.05) is 12.1 Å². The molecule has 0 saturated heterocycles. The Bertz CT molecular complexity index is 593. The molecule has 2 rings (SSSR count). The normalized spacial score (nSPS) is 13.0. The number of aliphatic hydroxyl groups excluding tert-OH is 1. The van der Waals surface area contributed by atoms with Crippen molar-refractivity contribution in [3.05, 3.63) is 59.9 Å². The van der Waals surface area contributed by atoms with Gasteiger partial charge in [-0.2, -0.15) is 13.2 Å². The summed E-state index contributed by atoms with van der Waals surface area (Å²) in [5, 5.41) is 9.04. The van der Waals surface area contributed by atoms with Crippen molar-refractivity contribution in [2.75, 3.05) is 0 Å². The molecule has 1 N–H and O–H groups in total. The number of alkyl halides is 3. The van der Waals surface area contributed by atoms with Gasteiger partial charge in [-0.05, 0) is 42.0 Å². The van der Waals surface area contributed by atoms with Gasteiger partial charge in [-0.25, -0.2) is 4.39 Å². The summed E-state index contributed by atoms with van der Waals surface area (Å²) < 4.78 is 55.1. The van der Waals surface area contributed by atoms with Crippen LogP contribution in [0.2, 0.25) is 0 Å². The van der Waals surface area contributed by atoms with Crippen LogP contribution in [-0.2, 0) is 6.42 Å². The van der Waals surface area contributed by atoms with Gasteiger partial charge < -0.3 is 9.84 Å². The lowest BCUT2D eigenvalue weighted by Crippen LogP contribution is -2.30. The van der Waals surface area contributed by atoms with E-state index < -0.39 is 24.5 Å². The maximum Gasteiger partial charge on any atom is 0.414 e. The highest BCUT2D eigenvalue weighted by Crippen LogP contribution is 2.26. The largest absolute Gasteiger partial charge is 0.457 e. The molecule has 0 heterocycles. The van der Waals surface area contributed by atoms with Gasteiger partial charge in [0.25, 0.3) is 0 Å². The van der Waals surface area contributed by atoms with Gasteiger partial charge >= 0.3 is 6.18 Å². The van der Waals surface area contributed by atoms with Gasteiger partial charge in [0, 0.05) is 6.42 Å². The van der Waals surface area contributed by atoms with Gasteiger partial charge in [0.1, 0.15) is 17.3 Å². The van der Waals surface area contributed by atoms with Crippen molar-refractivity contribution in [1.29, 1.82) is 0 Å². The van der Waals surface area contributed by atoms with Crippen LogP contribution < -0.4 is 4.74 Å². The molecule has 112 valence electrons. The quantitative estimate of drug-likeness (QED) is 0.862. The zero-order chi connectivity index (χ0) is 15.5. The van der Waals surface area contributed by atoms with E-state index in [0.29, 0.717) is 17.1 Å². The molecule has 0 aliphatic rings. The molecule has 2 nitrogen and oxygen atoms in total. The number of hydrogen-bond acceptors (Lipinski definition) is 2. The van der Waals surface area contributed by atoms with Crippen LogP contribution in [0.25, 0.3) is 0 Å². The minimum atomic E-state index is -4.66. The summed E-state index contributed by atoms with van der Waals surface area (Å²) in [7, 11) is 0. The third-order valence-electron chi connectivity index (χ3n) is 2.75. The Balaban J connectivity index is 2.09. The fraction of sp³-hybridized carbons (Fsp3) is 0.200. The van der Waals surface area contributed by atoms with Crippen molar-refractivity contribution < 1.29 is 27.4 Å². The first kappa shape index (κ1) is 15.3. The Hall–Kier alpha value is -2.08. The lowest BCUT2D eigenvalue weighted by atomic mass is 10.1. The number of aliphatic hydroxyl groups is 1. The summed E-state index contributed by atoms with van der Waals surface area (Å²) >= 11 is 0. The summed E-state index contributed by atoms with van der Waals surface area (Å²) in [6.45, 7) is 0. The van der Waals surface area contributed by atoms with E-state index in [-0.39, 0.29) is 0 Å². The van der Waals surface area contributed by atoms with Crippen molar-refractivity contribution in [2.24, 2.45) is 0 Å². The van der Waals surface area contributed by atoms with Crippen molar-refractivity contribution in [2.45, 2.75) is 18.7 Å². The van der Waals surface area contributed by atoms with Gasteiger partial charge in [-0.15, -0.1) is 0 Å². The van der Waals surface area contributed by atoms with E-state index in [1.807, 2.05) is 0 Å². The van der Waals surface area contributed by atoms with Crippen molar-refractivity contribution in [3.63, 3.8) is 0 Å². The van der Waals surface area contributed by atoms with Crippen LogP contribution in [0.3, 0.4) is 0 Å². The maximum atomic E-state index is 12.8. The molecule has 0 radical (unpaired) electrons. The Morgan fingerprint density at radius 1 is 1.00 bits per heavy atom. The molecule has 0 unspecified atom stereocenters. The molecule has 0 fully saturated rings. The maximum absolute atomic E-state index is 12.8. The van der Waals surface area contributed by atoms with Crippen LogP contribution in [0.5, 0.6) is 11.5 Å². The number of rotatable bonds is 4. The molecular formula is C15H12F4O2. The molecule has 21 heavy (non-hydrogen) atoms. The third kappa shape index (κ3) is 4.46. The van der Waals surface area contributed by atoms with Crippen LogP contribution in [0, 0.1) is 5.82 Å². The van der Waals surface area contributed by atoms with Crippen LogP contribution in [0.4, 0.5) is 17.6 Å². The predicted molar refractivity (Wildman–Crippen MR) is 68.7 cm³/mol. The number of halogens is 4. The Morgan fingerprint density at radius 3 is 2.29 bits per heavy atom. The highest BCUT2D eigenvalue weighted by atomic mass is 19.4. The second-order valence-electron chi connectivity index (χ2n) is 4.46. The Morgan fingerprint density at radius 2 is 1.67 bits per heavy atom. The van der Waals surface area contributed by atoms with E-state index in [1.54, 1.807) is 6.07 Å². The Labute approximate surface area is 118 Å². The Kier molecular flexibility index (Phi) is 4.47. The van der Waals surface area contributed by atoms with Crippen LogP contribution in [-0.4, -0.2) is 17.4 Å². The molecule has 0 aliphatic heterocycles. The van der Waals surface area contributed by atoms with E-state index in [4.69, 9.17) is 9.84 Å². The minimum absolute atomic E-state index is 0.291. The molecule has 0 saturated carbocycles. The van der Waals surface area contributed by atoms with E-state index in [1.165, 1.54) is 42.5 Å². The molecule has 0 aliphatic carbocycles. The topological polar surface area (TPSA) is 29.5 Å². The van der Waals surface area contributed by atoms with Crippen LogP contribution >= 0.6 is 0 Å². The van der Waals surface area contributed by atoms with Crippen molar-refractivity contribution >= 4 is 0 Å². The highest BCUT2D eigenvalue weighted by molar-refractivity contribution is 5.34. The molecular weight excluding hydrogens is 288 g/mol. The van der Waals surface area contributed by atoms with Crippen molar-refractivity contribution in [3.8, 4) is 11.5 Å². The molecule has 2 aromatic rings. The summed E-state index contributed by atoms with van der Waals surface area (Å²) in [5.41, 5.74) is 0.291. The lowest BCUT2D eigenvalue weighted by molar-refractivity contribution is -0.203. The van der Waals surface area contributed by atoms with E-state index in [2.05, 4.69) is 0 Å². The number of ether oxygens (including phenoxy) is 1. The first-order valence-electron chi connectivity index (χ1n) is 6.12. The molecule has 1 atom stereocenters. The van der Waals surface area contributed by atoms with Gasteiger partial charge in [0.05, 0.1) is 0 Å². The molecule has 0 bridgehead atoms. The summed E-state index contributed by atoms with van der Waals surface area (Å²) in [5.74, 6) is 0.266. The van der Waals surface area contributed by atoms with E-state index in [0.717, 1.165) is 0 Å². The number of benzene rings is 2. The fourth-order valence-electron chi connectivity index (χ4n) is 1.71. The van der Waals surface area contributed by atoms with Gasteiger partial charge in [-0.3, -0.25) is 0 Å². The monoisotopic (exact) mass is 300 g/mol. The summed E-state index contributed by atoms with van der Waals surface area (Å²) in [4.78, 5) is 0. The summed E-state index contributed by atoms with van der Waals surface area (Å²) in [6, 6.07) is 11.2. The second kappa shape index (κ2) is 6.13. The average molecular weight is 300 g/mol. The zero-order valence-corrected chi connectivity index (χ0v) is 10.8. The van der Waals surface area contributed by atoms with Crippen LogP contribution in [0.1, 0.15) is 5.56 Å². The summed E-state index contributed by atoms with van der Waals surface area (Å²) in [6.07, 6.45) is -7.63. The minimum Gasteiger partial charge on any atom is -0.457 e. The van der Waals surface area contributed by atoms with E-state index >= 15 is 0 Å². The smallest absolute Gasteiger partial charge is 0.414 e.